The molecule has 1 aromatic rings. The van der Waals surface area contributed by atoms with Crippen LogP contribution in [0.3, 0.4) is 0 Å². The first-order valence-electron chi connectivity index (χ1n) is 35.8. The highest BCUT2D eigenvalue weighted by atomic mass is 32.2. The highest BCUT2D eigenvalue weighted by Gasteiger charge is 2.39. The number of imide groups is 2. The van der Waals surface area contributed by atoms with Gasteiger partial charge >= 0.3 is 18.1 Å². The number of thioether (sulfide) groups is 2. The average Bonchev–Trinajstić information content (AvgIpc) is 1.73. The van der Waals surface area contributed by atoms with Crippen LogP contribution in [-0.2, 0) is 73.7 Å². The normalized spacial score (nSPS) is 15.8. The number of urea groups is 3. The maximum absolute atomic E-state index is 13.3. The monoisotopic (exact) mass is 1510 g/mol. The molecule has 0 aliphatic carbocycles. The lowest BCUT2D eigenvalue weighted by molar-refractivity contribution is -0.139. The maximum Gasteiger partial charge on any atom is 0.312 e. The number of anilines is 1. The van der Waals surface area contributed by atoms with Gasteiger partial charge in [-0.2, -0.15) is 23.5 Å². The van der Waals surface area contributed by atoms with Gasteiger partial charge in [0.15, 0.2) is 12.9 Å². The summed E-state index contributed by atoms with van der Waals surface area (Å²) < 4.78 is 26.0. The summed E-state index contributed by atoms with van der Waals surface area (Å²) in [6, 6.07) is -0.420. The molecule has 0 saturated carbocycles. The third kappa shape index (κ3) is 40.0. The minimum Gasteiger partial charge on any atom is -0.463 e. The summed E-state index contributed by atoms with van der Waals surface area (Å²) in [4.78, 5) is 195. The zero-order chi connectivity index (χ0) is 78.6. The molecule has 1 aromatic carbocycles. The van der Waals surface area contributed by atoms with Crippen molar-refractivity contribution in [1.29, 1.82) is 0 Å². The molecule has 0 bridgehead atoms. The Morgan fingerprint density at radius 1 is 0.538 bits per heavy atom. The number of ketones is 2. The molecule has 0 radical (unpaired) electrons. The van der Waals surface area contributed by atoms with Crippen LogP contribution in [-0.4, -0.2) is 204 Å². The van der Waals surface area contributed by atoms with E-state index in [2.05, 4.69) is 57.9 Å². The second-order valence-electron chi connectivity index (χ2n) is 25.1. The van der Waals surface area contributed by atoms with Crippen molar-refractivity contribution in [1.82, 2.24) is 57.7 Å². The van der Waals surface area contributed by atoms with E-state index in [0.717, 1.165) is 0 Å². The molecule has 2 fully saturated rings. The van der Waals surface area contributed by atoms with E-state index in [1.165, 1.54) is 33.3 Å². The van der Waals surface area contributed by atoms with Crippen molar-refractivity contribution in [2.45, 2.75) is 241 Å². The number of Topliss-reactive ketones (excluding diaryl/α,β-unsaturated/α-hetero) is 2. The van der Waals surface area contributed by atoms with Gasteiger partial charge in [0.2, 0.25) is 59.1 Å². The van der Waals surface area contributed by atoms with Crippen molar-refractivity contribution in [3.05, 3.63) is 29.8 Å². The number of likely N-dealkylation sites (N-methyl/N-ethyl adjacent to an activating group) is 1. The van der Waals surface area contributed by atoms with Crippen LogP contribution in [0.5, 0.6) is 0 Å². The Labute approximate surface area is 627 Å². The lowest BCUT2D eigenvalue weighted by atomic mass is 10.0. The number of rotatable bonds is 45. The van der Waals surface area contributed by atoms with Crippen LogP contribution in [0.1, 0.15) is 197 Å². The molecular formula is C70H123N15O17S2. The molecule has 16 amide bonds. The van der Waals surface area contributed by atoms with Crippen LogP contribution in [0.15, 0.2) is 24.3 Å². The number of nitrogens with one attached hydrogen (secondary N) is 10. The predicted octanol–water partition coefficient (Wildman–Crippen LogP) is 4.17. The van der Waals surface area contributed by atoms with Crippen LogP contribution in [0.4, 0.5) is 20.1 Å². The fraction of sp³-hybridized carbons (Fsp3) is 0.686. The number of hydrogen-bond acceptors (Lipinski definition) is 20. The van der Waals surface area contributed by atoms with E-state index >= 15 is 0 Å². The van der Waals surface area contributed by atoms with E-state index in [0.29, 0.717) is 102 Å². The minimum absolute atomic E-state index is 0. The molecule has 592 valence electrons. The van der Waals surface area contributed by atoms with Gasteiger partial charge in [-0.05, 0) is 133 Å². The smallest absolute Gasteiger partial charge is 0.312 e. The number of carbonyl (C=O) groups excluding carboxylic acids is 16. The van der Waals surface area contributed by atoms with Gasteiger partial charge < -0.3 is 75.1 Å². The molecular weight excluding hydrogens is 1390 g/mol. The molecule has 8 atom stereocenters. The fourth-order valence-electron chi connectivity index (χ4n) is 10.3. The summed E-state index contributed by atoms with van der Waals surface area (Å²) in [5, 5.41) is 26.0. The van der Waals surface area contributed by atoms with Gasteiger partial charge in [-0.15, -0.1) is 0 Å². The number of primary amides is 3. The zero-order valence-corrected chi connectivity index (χ0v) is 61.4. The van der Waals surface area contributed by atoms with Crippen molar-refractivity contribution < 1.29 is 85.6 Å². The molecule has 34 heteroatoms. The van der Waals surface area contributed by atoms with E-state index in [-0.39, 0.29) is 169 Å². The van der Waals surface area contributed by atoms with Gasteiger partial charge in [0, 0.05) is 66.8 Å². The Balaban J connectivity index is -0.00000159. The summed E-state index contributed by atoms with van der Waals surface area (Å²) in [6.07, 6.45) is 8.64. The van der Waals surface area contributed by atoms with Gasteiger partial charge in [0.25, 0.3) is 6.45 Å². The van der Waals surface area contributed by atoms with Crippen molar-refractivity contribution in [3.8, 4) is 0 Å². The van der Waals surface area contributed by atoms with E-state index < -0.39 is 85.2 Å². The molecule has 16 N–H and O–H groups in total. The summed E-state index contributed by atoms with van der Waals surface area (Å²) in [5.74, 6) is -4.39. The molecule has 104 heavy (non-hydrogen) atoms. The standard InChI is InChI=1S/C30H44N6O8S.C23H39N5O6S.C14H28N4O3.3CH4/c1-19(2)26(35-24(38)9-5-4-6-15-36-25(39)16-23(45-3)29(36)42)28(41)34-22(8-7-14-32-30(31)43)27(40)33-21-12-10-20(11-13-21)17-44-18-37;1-14(2)20(21(32)26-16(15(3)29)9-8-11-25-23(24)34)27-18(30)10-6-5-7-12-28-19(31)13-17(35-4)22(28)33;1-5-16-12(9(2)3)13(20)18-11(10(4)19)7-6-8-17-14(15)21;;;/h10-13,18-19,22-23,26H,4-9,14-17H2,1-3H3,(H,33,40)(H,34,41)(H,35,38)(H3,31,32,43);14,16-17,20H,5-13H2,1-4H3,(H,26,32)(H,27,30)(H3,24,25,34);9,11-12,16H,5-8H2,1-4H3,(H,18,20)(H3,15,17,21);3*1H4/t22-,23?,26-;16-,17?,20-;11-,12-;;;/m000.../s1/i18D;3D;4D;;;. The zero-order valence-electron chi connectivity index (χ0n) is 62.7. The van der Waals surface area contributed by atoms with Crippen molar-refractivity contribution in [2.24, 2.45) is 35.0 Å². The van der Waals surface area contributed by atoms with Crippen molar-refractivity contribution in [3.63, 3.8) is 0 Å². The topological polar surface area (TPSA) is 487 Å². The van der Waals surface area contributed by atoms with E-state index in [1.807, 2.05) is 20.8 Å². The van der Waals surface area contributed by atoms with Crippen molar-refractivity contribution >= 4 is 124 Å². The lowest BCUT2D eigenvalue weighted by Gasteiger charge is -2.25. The average molecular weight is 1510 g/mol. The molecule has 3 rings (SSSR count). The number of nitrogens with two attached hydrogens (primary N) is 3. The number of ether oxygens (including phenoxy) is 1. The second kappa shape index (κ2) is 55.1. The lowest BCUT2D eigenvalue weighted by Crippen LogP contribution is -2.54. The Morgan fingerprint density at radius 2 is 0.904 bits per heavy atom. The molecule has 32 nitrogen and oxygen atoms in total. The quantitative estimate of drug-likeness (QED) is 0.0247. The van der Waals surface area contributed by atoms with Crippen LogP contribution < -0.4 is 70.4 Å². The summed E-state index contributed by atoms with van der Waals surface area (Å²) in [6.45, 7) is 13.9. The Kier molecular flexibility index (Phi) is 49.6. The number of nitrogens with zero attached hydrogens (tertiary/aromatic N) is 2. The summed E-state index contributed by atoms with van der Waals surface area (Å²) >= 11 is 2.74. The first-order chi connectivity index (χ1) is 49.2. The first-order valence-corrected chi connectivity index (χ1v) is 36.5. The van der Waals surface area contributed by atoms with Gasteiger partial charge in [-0.25, -0.2) is 14.4 Å². The molecule has 2 aliphatic rings. The summed E-state index contributed by atoms with van der Waals surface area (Å²) in [7, 11) is 0. The van der Waals surface area contributed by atoms with Gasteiger partial charge in [-0.3, -0.25) is 72.1 Å². The number of unbranched alkanes of at least 4 members (excludes halogenated alkanes) is 4. The number of amides is 16. The Hall–Kier alpha value is -8.40. The molecule has 2 unspecified atom stereocenters. The maximum atomic E-state index is 13.3. The first kappa shape index (κ1) is 93.6. The second-order valence-corrected chi connectivity index (χ2v) is 27.2. The molecule has 2 saturated heterocycles. The Morgan fingerprint density at radius 3 is 1.23 bits per heavy atom. The number of likely N-dealkylation sites (tertiary alicyclic amines) is 2. The Bertz CT molecular complexity index is 3020. The van der Waals surface area contributed by atoms with Crippen LogP contribution in [0.2, 0.25) is 0 Å². The number of hydrogen-bond donors (Lipinski definition) is 13. The van der Waals surface area contributed by atoms with Crippen LogP contribution >= 0.6 is 23.5 Å². The van der Waals surface area contributed by atoms with Crippen molar-refractivity contribution in [2.75, 3.05) is 57.1 Å². The third-order valence-corrected chi connectivity index (χ3v) is 17.8. The minimum atomic E-state index is -1.16. The van der Waals surface area contributed by atoms with Gasteiger partial charge in [-0.1, -0.05) is 95.7 Å². The predicted molar refractivity (Wildman–Crippen MR) is 404 cm³/mol. The van der Waals surface area contributed by atoms with E-state index in [1.54, 1.807) is 64.5 Å². The fourth-order valence-corrected chi connectivity index (χ4v) is 11.6. The number of carbonyl (C=O) groups is 16. The highest BCUT2D eigenvalue weighted by Crippen LogP contribution is 2.25. The van der Waals surface area contributed by atoms with E-state index in [9.17, 15) is 76.7 Å². The molecule has 0 spiro atoms. The van der Waals surface area contributed by atoms with Crippen LogP contribution in [0, 0.1) is 17.8 Å². The highest BCUT2D eigenvalue weighted by molar-refractivity contribution is 8.00. The number of benzene rings is 1. The van der Waals surface area contributed by atoms with Crippen LogP contribution in [0.25, 0.3) is 0 Å². The largest absolute Gasteiger partial charge is 0.463 e. The van der Waals surface area contributed by atoms with Gasteiger partial charge in [0.05, 0.1) is 28.6 Å². The molecule has 0 aromatic heterocycles. The third-order valence-electron chi connectivity index (χ3n) is 15.9. The molecule has 2 aliphatic heterocycles. The summed E-state index contributed by atoms with van der Waals surface area (Å²) in [5.41, 5.74) is 16.1. The van der Waals surface area contributed by atoms with E-state index in [4.69, 9.17) is 21.3 Å². The SMILES string of the molecule is C.C.C.[2H]C(=O)OCc1ccc(NC(=O)[C@H](CCCNC(N)=O)NC(=O)[C@@H](NC(=O)CCCCCN2C(=O)CC(SC)C2=O)C(C)C)cc1.[2H]CC(=O)[C@H](CCCNC(N)=O)NC(=O)[C@@H](NC(=O)CCCCCN1C(=O)CC(SC)C1=O)C(C)C.[2H]CC(=O)[C@H](CCCNC(N)=O)NC(=O)[C@@H](NCC)C(C)C. The molecule has 2 heterocycles. The van der Waals surface area contributed by atoms with Gasteiger partial charge in [0.1, 0.15) is 24.7 Å².